The van der Waals surface area contributed by atoms with Gasteiger partial charge in [-0.1, -0.05) is 62.7 Å². The van der Waals surface area contributed by atoms with Gasteiger partial charge in [-0.25, -0.2) is 0 Å². The molecule has 1 fully saturated rings. The highest BCUT2D eigenvalue weighted by molar-refractivity contribution is 7.80. The molecule has 32 heavy (non-hydrogen) atoms. The fourth-order valence-electron chi connectivity index (χ4n) is 3.83. The van der Waals surface area contributed by atoms with Gasteiger partial charge in [0.15, 0.2) is 5.11 Å². The number of halogens is 1. The van der Waals surface area contributed by atoms with E-state index in [0.717, 1.165) is 73.7 Å². The molecule has 1 heterocycles. The number of anilines is 1. The molecule has 0 bridgehead atoms. The molecule has 0 spiro atoms. The van der Waals surface area contributed by atoms with E-state index >= 15 is 0 Å². The molecule has 1 N–H and O–H groups in total. The van der Waals surface area contributed by atoms with Gasteiger partial charge in [0, 0.05) is 43.4 Å². The molecule has 0 aliphatic carbocycles. The summed E-state index contributed by atoms with van der Waals surface area (Å²) in [6, 6.07) is 14.8. The molecule has 6 heteroatoms. The number of hydrogen-bond acceptors (Lipinski definition) is 3. The van der Waals surface area contributed by atoms with Crippen LogP contribution in [0.15, 0.2) is 42.5 Å². The van der Waals surface area contributed by atoms with Crippen molar-refractivity contribution in [3.63, 3.8) is 0 Å². The average molecular weight is 474 g/mol. The molecule has 0 atom stereocenters. The first-order valence-corrected chi connectivity index (χ1v) is 12.2. The third-order valence-electron chi connectivity index (χ3n) is 6.00. The maximum Gasteiger partial charge on any atom is 0.173 e. The smallest absolute Gasteiger partial charge is 0.173 e. The van der Waals surface area contributed by atoms with Crippen LogP contribution in [0, 0.1) is 6.92 Å². The fraction of sp³-hybridized carbons (Fsp3) is 0.500. The Kier molecular flexibility index (Phi) is 8.95. The van der Waals surface area contributed by atoms with Crippen molar-refractivity contribution in [2.45, 2.75) is 46.1 Å². The Hall–Kier alpha value is -1.66. The molecule has 174 valence electrons. The summed E-state index contributed by atoms with van der Waals surface area (Å²) in [5.74, 6) is 0. The van der Waals surface area contributed by atoms with Gasteiger partial charge in [-0.05, 0) is 59.8 Å². The minimum absolute atomic E-state index is 0.150. The molecule has 0 saturated carbocycles. The highest BCUT2D eigenvalue weighted by atomic mass is 35.5. The van der Waals surface area contributed by atoms with Gasteiger partial charge in [-0.15, -0.1) is 0 Å². The monoisotopic (exact) mass is 473 g/mol. The van der Waals surface area contributed by atoms with Crippen LogP contribution in [-0.2, 0) is 16.7 Å². The van der Waals surface area contributed by atoms with Crippen LogP contribution in [-0.4, -0.2) is 54.3 Å². The van der Waals surface area contributed by atoms with Crippen LogP contribution in [0.25, 0.3) is 0 Å². The molecule has 1 saturated heterocycles. The summed E-state index contributed by atoms with van der Waals surface area (Å²) in [5.41, 5.74) is 4.73. The number of nitrogens with one attached hydrogen (secondary N) is 1. The Labute approximate surface area is 203 Å². The average Bonchev–Trinajstić information content (AvgIpc) is 2.76. The van der Waals surface area contributed by atoms with Crippen molar-refractivity contribution in [2.24, 2.45) is 0 Å². The highest BCUT2D eigenvalue weighted by Gasteiger charge is 2.16. The molecule has 1 aliphatic rings. The molecule has 0 radical (unpaired) electrons. The van der Waals surface area contributed by atoms with Gasteiger partial charge >= 0.3 is 0 Å². The van der Waals surface area contributed by atoms with E-state index in [2.05, 4.69) is 60.2 Å². The van der Waals surface area contributed by atoms with Gasteiger partial charge in [0.1, 0.15) is 0 Å². The van der Waals surface area contributed by atoms with E-state index in [1.54, 1.807) is 0 Å². The van der Waals surface area contributed by atoms with E-state index in [0.29, 0.717) is 0 Å². The van der Waals surface area contributed by atoms with Crippen LogP contribution in [0.1, 0.15) is 43.9 Å². The second-order valence-corrected chi connectivity index (χ2v) is 10.3. The third-order valence-corrected chi connectivity index (χ3v) is 6.77. The zero-order chi connectivity index (χ0) is 23.1. The molecule has 0 aromatic heterocycles. The Morgan fingerprint density at radius 2 is 1.81 bits per heavy atom. The van der Waals surface area contributed by atoms with E-state index in [1.165, 1.54) is 11.1 Å². The number of hydrogen-bond donors (Lipinski definition) is 1. The normalized spacial score (nSPS) is 14.9. The Bertz CT molecular complexity index is 889. The predicted molar refractivity (Wildman–Crippen MR) is 140 cm³/mol. The topological polar surface area (TPSA) is 27.7 Å². The first kappa shape index (κ1) is 25.0. The lowest BCUT2D eigenvalue weighted by Crippen LogP contribution is -2.40. The maximum atomic E-state index is 6.32. The Morgan fingerprint density at radius 1 is 1.12 bits per heavy atom. The quantitative estimate of drug-likeness (QED) is 0.508. The molecular weight excluding hydrogens is 438 g/mol. The first-order chi connectivity index (χ1) is 15.2. The summed E-state index contributed by atoms with van der Waals surface area (Å²) in [4.78, 5) is 4.74. The van der Waals surface area contributed by atoms with Crippen LogP contribution in [0.2, 0.25) is 5.02 Å². The number of morpholine rings is 1. The minimum atomic E-state index is 0.150. The van der Waals surface area contributed by atoms with Crippen LogP contribution < -0.4 is 5.32 Å². The van der Waals surface area contributed by atoms with Gasteiger partial charge in [-0.2, -0.15) is 0 Å². The van der Waals surface area contributed by atoms with Crippen molar-refractivity contribution < 1.29 is 4.74 Å². The fourth-order valence-corrected chi connectivity index (χ4v) is 4.27. The predicted octanol–water partition coefficient (Wildman–Crippen LogP) is 5.87. The van der Waals surface area contributed by atoms with Gasteiger partial charge in [-0.3, -0.25) is 4.90 Å². The molecule has 2 aromatic rings. The van der Waals surface area contributed by atoms with Crippen LogP contribution in [0.5, 0.6) is 0 Å². The second-order valence-electron chi connectivity index (χ2n) is 9.52. The zero-order valence-corrected chi connectivity index (χ0v) is 21.4. The summed E-state index contributed by atoms with van der Waals surface area (Å²) in [6.45, 7) is 15.2. The third kappa shape index (κ3) is 7.17. The van der Waals surface area contributed by atoms with Gasteiger partial charge < -0.3 is 15.0 Å². The van der Waals surface area contributed by atoms with E-state index in [9.17, 15) is 0 Å². The molecular formula is C26H36ClN3OS. The van der Waals surface area contributed by atoms with Crippen molar-refractivity contribution in [1.29, 1.82) is 0 Å². The Balaban J connectivity index is 1.69. The molecule has 0 amide bonds. The minimum Gasteiger partial charge on any atom is -0.379 e. The Morgan fingerprint density at radius 3 is 2.47 bits per heavy atom. The van der Waals surface area contributed by atoms with Crippen LogP contribution in [0.3, 0.4) is 0 Å². The van der Waals surface area contributed by atoms with Crippen LogP contribution >= 0.6 is 23.8 Å². The lowest BCUT2D eigenvalue weighted by Gasteiger charge is -2.30. The van der Waals surface area contributed by atoms with Crippen molar-refractivity contribution in [2.75, 3.05) is 44.7 Å². The maximum absolute atomic E-state index is 6.32. The molecule has 0 unspecified atom stereocenters. The zero-order valence-electron chi connectivity index (χ0n) is 19.8. The summed E-state index contributed by atoms with van der Waals surface area (Å²) in [6.07, 6.45) is 1.05. The van der Waals surface area contributed by atoms with Crippen molar-refractivity contribution in [3.8, 4) is 0 Å². The van der Waals surface area contributed by atoms with E-state index < -0.39 is 0 Å². The summed E-state index contributed by atoms with van der Waals surface area (Å²) in [5, 5.41) is 4.91. The SMILES string of the molecule is Cc1c(Cl)cccc1NC(=S)N(CCCN1CCOCC1)Cc1ccc(C(C)(C)C)cc1. The number of thiocarbonyl (C=S) groups is 1. The van der Waals surface area contributed by atoms with Gasteiger partial charge in [0.05, 0.1) is 13.2 Å². The summed E-state index contributed by atoms with van der Waals surface area (Å²) >= 11 is 12.2. The van der Waals surface area contributed by atoms with Crippen molar-refractivity contribution in [1.82, 2.24) is 9.80 Å². The molecule has 1 aliphatic heterocycles. The molecule has 2 aromatic carbocycles. The number of rotatable bonds is 7. The number of ether oxygens (including phenoxy) is 1. The van der Waals surface area contributed by atoms with E-state index in [4.69, 9.17) is 28.6 Å². The van der Waals surface area contributed by atoms with Crippen molar-refractivity contribution >= 4 is 34.6 Å². The standard InChI is InChI=1S/C26H36ClN3OS/c1-20-23(27)7-5-8-24(20)28-25(32)30(14-6-13-29-15-17-31-18-16-29)19-21-9-11-22(12-10-21)26(2,3)4/h5,7-12H,6,13-19H2,1-4H3,(H,28,32). The molecule has 3 rings (SSSR count). The summed E-state index contributed by atoms with van der Waals surface area (Å²) < 4.78 is 5.47. The lowest BCUT2D eigenvalue weighted by atomic mass is 9.87. The first-order valence-electron chi connectivity index (χ1n) is 11.4. The summed E-state index contributed by atoms with van der Waals surface area (Å²) in [7, 11) is 0. The largest absolute Gasteiger partial charge is 0.379 e. The number of nitrogens with zero attached hydrogens (tertiary/aromatic N) is 2. The lowest BCUT2D eigenvalue weighted by molar-refractivity contribution is 0.0368. The van der Waals surface area contributed by atoms with Gasteiger partial charge in [0.25, 0.3) is 0 Å². The highest BCUT2D eigenvalue weighted by Crippen LogP contribution is 2.25. The van der Waals surface area contributed by atoms with Gasteiger partial charge in [0.2, 0.25) is 0 Å². The van der Waals surface area contributed by atoms with Crippen molar-refractivity contribution in [3.05, 3.63) is 64.2 Å². The van der Waals surface area contributed by atoms with E-state index in [-0.39, 0.29) is 5.41 Å². The number of benzene rings is 2. The molecule has 4 nitrogen and oxygen atoms in total. The second kappa shape index (κ2) is 11.5. The van der Waals surface area contributed by atoms with E-state index in [1.807, 2.05) is 25.1 Å². The van der Waals surface area contributed by atoms with Crippen LogP contribution in [0.4, 0.5) is 5.69 Å².